The molecule has 2 nitrogen and oxygen atoms in total. The summed E-state index contributed by atoms with van der Waals surface area (Å²) < 4.78 is 7.08. The highest BCUT2D eigenvalue weighted by Crippen LogP contribution is 2.69. The maximum absolute atomic E-state index is 7.08. The van der Waals surface area contributed by atoms with Gasteiger partial charge >= 0.3 is 0 Å². The van der Waals surface area contributed by atoms with Gasteiger partial charge in [0.05, 0.1) is 0 Å². The zero-order valence-electron chi connectivity index (χ0n) is 35.7. The van der Waals surface area contributed by atoms with Gasteiger partial charge in [-0.15, -0.1) is 0 Å². The van der Waals surface area contributed by atoms with E-state index in [4.69, 9.17) is 4.74 Å². The molecule has 13 rings (SSSR count). The molecule has 6 aromatic rings. The van der Waals surface area contributed by atoms with Crippen molar-refractivity contribution in [1.29, 1.82) is 0 Å². The molecule has 4 bridgehead atoms. The van der Waals surface area contributed by atoms with E-state index in [0.29, 0.717) is 11.8 Å². The van der Waals surface area contributed by atoms with Crippen molar-refractivity contribution < 1.29 is 4.74 Å². The van der Waals surface area contributed by atoms with E-state index in [1.165, 1.54) is 118 Å². The number of anilines is 3. The van der Waals surface area contributed by atoms with Crippen LogP contribution in [0.25, 0.3) is 22.3 Å². The highest BCUT2D eigenvalue weighted by Gasteiger charge is 2.61. The van der Waals surface area contributed by atoms with Crippen LogP contribution in [0.4, 0.5) is 17.1 Å². The van der Waals surface area contributed by atoms with Crippen LogP contribution in [0, 0.1) is 23.7 Å². The van der Waals surface area contributed by atoms with Gasteiger partial charge in [-0.1, -0.05) is 126 Å². The van der Waals surface area contributed by atoms with E-state index in [1.54, 1.807) is 0 Å². The molecule has 4 saturated carbocycles. The zero-order valence-corrected chi connectivity index (χ0v) is 35.7. The molecule has 6 aromatic carbocycles. The first-order valence-electron chi connectivity index (χ1n) is 22.6. The van der Waals surface area contributed by atoms with Crippen molar-refractivity contribution in [3.05, 3.63) is 161 Å². The standard InChI is InChI=1S/C57H57NO/c1-54(2)26-27-55(3,4)51-34-42(23-25-47(51)54)58(41-22-24-45-44-12-7-8-14-46(44)56(5,6)50(45)33-41)40-20-18-37(19-21-40)43-13-11-16-49-53(43)59-52-17-10-9-15-48(52)57(49)38-29-35-28-36(31-38)32-39(57)30-35/h7-25,33-36,38-39H,26-32H2,1-6H3. The Kier molecular flexibility index (Phi) is 7.44. The molecule has 1 aliphatic heterocycles. The lowest BCUT2D eigenvalue weighted by Gasteiger charge is -2.63. The van der Waals surface area contributed by atoms with Crippen LogP contribution in [0.1, 0.15) is 120 Å². The largest absolute Gasteiger partial charge is 0.456 e. The monoisotopic (exact) mass is 771 g/mol. The van der Waals surface area contributed by atoms with Crippen molar-refractivity contribution >= 4 is 17.1 Å². The van der Waals surface area contributed by atoms with Crippen LogP contribution in [0.15, 0.2) is 127 Å². The first-order valence-corrected chi connectivity index (χ1v) is 22.6. The van der Waals surface area contributed by atoms with Crippen LogP contribution >= 0.6 is 0 Å². The highest BCUT2D eigenvalue weighted by atomic mass is 16.5. The molecule has 0 amide bonds. The number of benzene rings is 6. The molecule has 7 aliphatic rings. The molecule has 0 radical (unpaired) electrons. The number of ether oxygens (including phenoxy) is 1. The Morgan fingerprint density at radius 2 is 1.02 bits per heavy atom. The van der Waals surface area contributed by atoms with Gasteiger partial charge in [0.25, 0.3) is 0 Å². The van der Waals surface area contributed by atoms with Crippen molar-refractivity contribution in [3.63, 3.8) is 0 Å². The first kappa shape index (κ1) is 35.8. The topological polar surface area (TPSA) is 12.5 Å². The van der Waals surface area contributed by atoms with Gasteiger partial charge in [0.1, 0.15) is 11.5 Å². The van der Waals surface area contributed by atoms with Crippen molar-refractivity contribution in [2.75, 3.05) is 4.90 Å². The SMILES string of the molecule is CC1(C)CCC(C)(C)c2cc(N(c3ccc(-c4cccc5c4Oc4ccccc4C54C5CC6CC(C5)CC4C6)cc3)c3ccc4c(c3)C(C)(C)c3ccccc3-4)ccc21. The summed E-state index contributed by atoms with van der Waals surface area (Å²) in [6, 6.07) is 49.0. The zero-order chi connectivity index (χ0) is 40.1. The van der Waals surface area contributed by atoms with E-state index < -0.39 is 0 Å². The Morgan fingerprint density at radius 3 is 1.75 bits per heavy atom. The third-order valence-electron chi connectivity index (χ3n) is 16.8. The van der Waals surface area contributed by atoms with E-state index in [1.807, 2.05) is 0 Å². The predicted molar refractivity (Wildman–Crippen MR) is 244 cm³/mol. The lowest BCUT2D eigenvalue weighted by Crippen LogP contribution is -2.57. The van der Waals surface area contributed by atoms with Crippen molar-refractivity contribution in [2.45, 2.75) is 108 Å². The van der Waals surface area contributed by atoms with Crippen LogP contribution in [0.2, 0.25) is 0 Å². The lowest BCUT2D eigenvalue weighted by molar-refractivity contribution is -0.0451. The van der Waals surface area contributed by atoms with Crippen LogP contribution in [-0.2, 0) is 21.7 Å². The Morgan fingerprint density at radius 1 is 0.458 bits per heavy atom. The maximum Gasteiger partial charge on any atom is 0.139 e. The summed E-state index contributed by atoms with van der Waals surface area (Å²) in [7, 11) is 0. The highest BCUT2D eigenvalue weighted by molar-refractivity contribution is 5.87. The Hall–Kier alpha value is -5.08. The minimum atomic E-state index is -0.0843. The maximum atomic E-state index is 7.08. The number of rotatable bonds is 4. The predicted octanol–water partition coefficient (Wildman–Crippen LogP) is 15.3. The normalized spacial score (nSPS) is 26.6. The fourth-order valence-corrected chi connectivity index (χ4v) is 13.9. The molecular weight excluding hydrogens is 715 g/mol. The Bertz CT molecular complexity index is 2660. The van der Waals surface area contributed by atoms with Gasteiger partial charge < -0.3 is 9.64 Å². The van der Waals surface area contributed by atoms with Crippen LogP contribution in [-0.4, -0.2) is 0 Å². The van der Waals surface area contributed by atoms with E-state index >= 15 is 0 Å². The number of hydrogen-bond acceptors (Lipinski definition) is 2. The Labute approximate surface area is 351 Å². The number of fused-ring (bicyclic) bond motifs is 6. The summed E-state index contributed by atoms with van der Waals surface area (Å²) in [6.07, 6.45) is 9.29. The second-order valence-electron chi connectivity index (χ2n) is 21.2. The molecule has 0 atom stereocenters. The van der Waals surface area contributed by atoms with Crippen LogP contribution < -0.4 is 9.64 Å². The van der Waals surface area contributed by atoms with Gasteiger partial charge in [-0.2, -0.15) is 0 Å². The summed E-state index contributed by atoms with van der Waals surface area (Å²) in [5.41, 5.74) is 17.6. The van der Waals surface area contributed by atoms with Crippen molar-refractivity contribution in [3.8, 4) is 33.8 Å². The van der Waals surface area contributed by atoms with Crippen LogP contribution in [0.3, 0.4) is 0 Å². The van der Waals surface area contributed by atoms with Gasteiger partial charge in [-0.25, -0.2) is 0 Å². The summed E-state index contributed by atoms with van der Waals surface area (Å²) >= 11 is 0. The van der Waals surface area contributed by atoms with Gasteiger partial charge in [-0.05, 0) is 161 Å². The molecule has 1 spiro atoms. The average Bonchev–Trinajstić information content (AvgIpc) is 3.46. The molecule has 0 unspecified atom stereocenters. The molecule has 0 saturated heterocycles. The second kappa shape index (κ2) is 12.2. The molecule has 0 N–H and O–H groups in total. The molecule has 296 valence electrons. The lowest BCUT2D eigenvalue weighted by atomic mass is 9.41. The van der Waals surface area contributed by atoms with E-state index in [9.17, 15) is 0 Å². The fourth-order valence-electron chi connectivity index (χ4n) is 13.9. The van der Waals surface area contributed by atoms with Crippen molar-refractivity contribution in [2.24, 2.45) is 23.7 Å². The van der Waals surface area contributed by atoms with E-state index in [2.05, 4.69) is 174 Å². The first-order chi connectivity index (χ1) is 28.4. The molecule has 59 heavy (non-hydrogen) atoms. The Balaban J connectivity index is 0.993. The molecule has 1 heterocycles. The average molecular weight is 772 g/mol. The number of nitrogens with zero attached hydrogens (tertiary/aromatic N) is 1. The third kappa shape index (κ3) is 4.98. The van der Waals surface area contributed by atoms with E-state index in [-0.39, 0.29) is 21.7 Å². The summed E-state index contributed by atoms with van der Waals surface area (Å²) in [5.74, 6) is 5.34. The smallest absolute Gasteiger partial charge is 0.139 e. The summed E-state index contributed by atoms with van der Waals surface area (Å²) in [4.78, 5) is 2.51. The molecule has 6 aliphatic carbocycles. The van der Waals surface area contributed by atoms with Gasteiger partial charge in [0.15, 0.2) is 0 Å². The minimum absolute atomic E-state index is 0.0418. The fraction of sp³-hybridized carbons (Fsp3) is 0.368. The summed E-state index contributed by atoms with van der Waals surface area (Å²) in [6.45, 7) is 14.5. The summed E-state index contributed by atoms with van der Waals surface area (Å²) in [5, 5.41) is 0. The number of para-hydroxylation sites is 2. The van der Waals surface area contributed by atoms with Crippen LogP contribution in [0.5, 0.6) is 11.5 Å². The molecule has 0 aromatic heterocycles. The van der Waals surface area contributed by atoms with Crippen molar-refractivity contribution in [1.82, 2.24) is 0 Å². The molecular formula is C57H57NO. The second-order valence-corrected chi connectivity index (χ2v) is 21.2. The molecule has 4 fully saturated rings. The van der Waals surface area contributed by atoms with Gasteiger partial charge in [0, 0.05) is 44.6 Å². The number of hydrogen-bond donors (Lipinski definition) is 0. The van der Waals surface area contributed by atoms with E-state index in [0.717, 1.165) is 23.3 Å². The quantitative estimate of drug-likeness (QED) is 0.177. The minimum Gasteiger partial charge on any atom is -0.456 e. The molecule has 2 heteroatoms. The third-order valence-corrected chi connectivity index (χ3v) is 16.8. The van der Waals surface area contributed by atoms with Gasteiger partial charge in [0.2, 0.25) is 0 Å². The van der Waals surface area contributed by atoms with Gasteiger partial charge in [-0.3, -0.25) is 0 Å².